The van der Waals surface area contributed by atoms with Crippen LogP contribution in [-0.4, -0.2) is 36.3 Å². The van der Waals surface area contributed by atoms with E-state index in [1.165, 1.54) is 26.2 Å². The van der Waals surface area contributed by atoms with Gasteiger partial charge in [-0.25, -0.2) is 0 Å². The van der Waals surface area contributed by atoms with Crippen LogP contribution < -0.4 is 0 Å². The normalized spacial score (nSPS) is 17.2. The molecule has 114 valence electrons. The van der Waals surface area contributed by atoms with E-state index in [9.17, 15) is 9.59 Å². The van der Waals surface area contributed by atoms with Crippen LogP contribution in [0.4, 0.5) is 0 Å². The lowest BCUT2D eigenvalue weighted by Gasteiger charge is -2.34. The van der Waals surface area contributed by atoms with E-state index < -0.39 is 5.97 Å². The largest absolute Gasteiger partial charge is 0.463 e. The second-order valence-electron chi connectivity index (χ2n) is 5.58. The molecule has 0 N–H and O–H groups in total. The minimum absolute atomic E-state index is 0.0856. The Balaban J connectivity index is 2.01. The second-order valence-corrected chi connectivity index (χ2v) is 5.58. The highest BCUT2D eigenvalue weighted by Gasteiger charge is 2.23. The third-order valence-electron chi connectivity index (χ3n) is 3.81. The molecule has 0 amide bonds. The summed E-state index contributed by atoms with van der Waals surface area (Å²) in [4.78, 5) is 24.9. The van der Waals surface area contributed by atoms with E-state index in [1.54, 1.807) is 0 Å². The lowest BCUT2D eigenvalue weighted by Crippen LogP contribution is -2.36. The van der Waals surface area contributed by atoms with E-state index >= 15 is 0 Å². The van der Waals surface area contributed by atoms with Gasteiger partial charge in [0.05, 0.1) is 6.04 Å². The van der Waals surface area contributed by atoms with E-state index in [4.69, 9.17) is 4.74 Å². The molecule has 2 rings (SSSR count). The fourth-order valence-electron chi connectivity index (χ4n) is 2.74. The van der Waals surface area contributed by atoms with Crippen LogP contribution in [0.1, 0.15) is 44.2 Å². The minimum Gasteiger partial charge on any atom is -0.463 e. The highest BCUT2D eigenvalue weighted by atomic mass is 16.5. The van der Waals surface area contributed by atoms with Gasteiger partial charge in [-0.1, -0.05) is 36.8 Å². The van der Waals surface area contributed by atoms with Crippen LogP contribution in [0.5, 0.6) is 0 Å². The first-order valence-electron chi connectivity index (χ1n) is 7.61. The first-order valence-corrected chi connectivity index (χ1v) is 7.61. The summed E-state index contributed by atoms with van der Waals surface area (Å²) in [6.45, 7) is 3.78. The van der Waals surface area contributed by atoms with Gasteiger partial charge in [0, 0.05) is 0 Å². The van der Waals surface area contributed by atoms with Crippen molar-refractivity contribution in [3.05, 3.63) is 35.9 Å². The molecule has 1 aromatic rings. The van der Waals surface area contributed by atoms with Gasteiger partial charge in [0.15, 0.2) is 0 Å². The van der Waals surface area contributed by atoms with E-state index in [2.05, 4.69) is 17.0 Å². The monoisotopic (exact) mass is 289 g/mol. The Morgan fingerprint density at radius 2 is 1.81 bits per heavy atom. The molecule has 1 aliphatic rings. The van der Waals surface area contributed by atoms with E-state index in [0.717, 1.165) is 18.7 Å². The Hall–Kier alpha value is -1.68. The molecule has 0 saturated carbocycles. The van der Waals surface area contributed by atoms with Gasteiger partial charge in [-0.2, -0.15) is 0 Å². The van der Waals surface area contributed by atoms with E-state index in [-0.39, 0.29) is 18.2 Å². The topological polar surface area (TPSA) is 46.6 Å². The molecular weight excluding hydrogens is 266 g/mol. The van der Waals surface area contributed by atoms with Gasteiger partial charge in [0.1, 0.15) is 18.8 Å². The predicted molar refractivity (Wildman–Crippen MR) is 80.9 cm³/mol. The Morgan fingerprint density at radius 3 is 2.43 bits per heavy atom. The van der Waals surface area contributed by atoms with Gasteiger partial charge >= 0.3 is 5.97 Å². The van der Waals surface area contributed by atoms with Crippen molar-refractivity contribution in [2.75, 3.05) is 19.7 Å². The summed E-state index contributed by atoms with van der Waals surface area (Å²) < 4.78 is 5.32. The molecule has 0 aromatic heterocycles. The molecule has 21 heavy (non-hydrogen) atoms. The zero-order valence-electron chi connectivity index (χ0n) is 12.6. The van der Waals surface area contributed by atoms with E-state index in [0.29, 0.717) is 6.61 Å². The number of esters is 1. The second kappa shape index (κ2) is 7.93. The number of ether oxygens (including phenoxy) is 1. The number of nitrogens with zero attached hydrogens (tertiary/aromatic N) is 1. The summed E-state index contributed by atoms with van der Waals surface area (Å²) >= 11 is 0. The standard InChI is InChI=1S/C17H23NO3/c1-14(19)12-17(20)21-13-16(15-8-4-2-5-9-15)18-10-6-3-7-11-18/h2,4-5,8-9,16H,3,6-7,10-13H2,1H3. The average molecular weight is 289 g/mol. The lowest BCUT2D eigenvalue weighted by atomic mass is 10.0. The van der Waals surface area contributed by atoms with Gasteiger partial charge in [0.25, 0.3) is 0 Å². The van der Waals surface area contributed by atoms with Crippen LogP contribution in [0, 0.1) is 0 Å². The summed E-state index contributed by atoms with van der Waals surface area (Å²) in [6, 6.07) is 10.2. The molecule has 1 saturated heterocycles. The molecule has 0 bridgehead atoms. The fraction of sp³-hybridized carbons (Fsp3) is 0.529. The molecule has 4 nitrogen and oxygen atoms in total. The van der Waals surface area contributed by atoms with Crippen molar-refractivity contribution in [2.24, 2.45) is 0 Å². The maximum atomic E-state index is 11.6. The highest BCUT2D eigenvalue weighted by molar-refractivity contribution is 5.94. The van der Waals surface area contributed by atoms with Crippen molar-refractivity contribution in [1.29, 1.82) is 0 Å². The van der Waals surface area contributed by atoms with Crippen LogP contribution in [0.25, 0.3) is 0 Å². The Morgan fingerprint density at radius 1 is 1.14 bits per heavy atom. The predicted octanol–water partition coefficient (Wildman–Crippen LogP) is 2.74. The number of benzene rings is 1. The van der Waals surface area contributed by atoms with Gasteiger partial charge < -0.3 is 4.74 Å². The van der Waals surface area contributed by atoms with Gasteiger partial charge in [-0.05, 0) is 38.4 Å². The van der Waals surface area contributed by atoms with Crippen LogP contribution in [0.2, 0.25) is 0 Å². The number of piperidine rings is 1. The molecule has 0 spiro atoms. The smallest absolute Gasteiger partial charge is 0.313 e. The fourth-order valence-corrected chi connectivity index (χ4v) is 2.74. The van der Waals surface area contributed by atoms with Crippen LogP contribution in [-0.2, 0) is 14.3 Å². The maximum Gasteiger partial charge on any atom is 0.313 e. The number of likely N-dealkylation sites (tertiary alicyclic amines) is 1. The first kappa shape index (κ1) is 15.7. The molecule has 1 fully saturated rings. The molecule has 1 heterocycles. The van der Waals surface area contributed by atoms with Crippen molar-refractivity contribution in [1.82, 2.24) is 4.90 Å². The van der Waals surface area contributed by atoms with Crippen molar-refractivity contribution in [3.63, 3.8) is 0 Å². The highest BCUT2D eigenvalue weighted by Crippen LogP contribution is 2.25. The molecule has 0 radical (unpaired) electrons. The van der Waals surface area contributed by atoms with Gasteiger partial charge in [0.2, 0.25) is 0 Å². The number of hydrogen-bond donors (Lipinski definition) is 0. The number of Topliss-reactive ketones (excluding diaryl/α,β-unsaturated/α-hetero) is 1. The van der Waals surface area contributed by atoms with Gasteiger partial charge in [-0.3, -0.25) is 14.5 Å². The number of ketones is 1. The number of carbonyl (C=O) groups is 2. The minimum atomic E-state index is -0.430. The summed E-state index contributed by atoms with van der Waals surface area (Å²) in [7, 11) is 0. The molecule has 0 aliphatic carbocycles. The summed E-state index contributed by atoms with van der Waals surface area (Å²) in [5, 5.41) is 0. The Labute approximate surface area is 126 Å². The van der Waals surface area contributed by atoms with Crippen molar-refractivity contribution in [2.45, 2.75) is 38.6 Å². The molecule has 1 atom stereocenters. The first-order chi connectivity index (χ1) is 10.2. The maximum absolute atomic E-state index is 11.6. The van der Waals surface area contributed by atoms with Crippen LogP contribution in [0.3, 0.4) is 0 Å². The quantitative estimate of drug-likeness (QED) is 0.597. The van der Waals surface area contributed by atoms with Crippen LogP contribution >= 0.6 is 0 Å². The molecule has 1 aromatic carbocycles. The number of rotatable bonds is 6. The molecule has 1 aliphatic heterocycles. The van der Waals surface area contributed by atoms with Crippen molar-refractivity contribution < 1.29 is 14.3 Å². The van der Waals surface area contributed by atoms with Crippen LogP contribution in [0.15, 0.2) is 30.3 Å². The Bertz CT molecular complexity index is 466. The number of carbonyl (C=O) groups excluding carboxylic acids is 2. The third kappa shape index (κ3) is 4.97. The van der Waals surface area contributed by atoms with Crippen molar-refractivity contribution >= 4 is 11.8 Å². The van der Waals surface area contributed by atoms with E-state index in [1.807, 2.05) is 18.2 Å². The SMILES string of the molecule is CC(=O)CC(=O)OCC(c1ccccc1)N1CCCCC1. The molecule has 4 heteroatoms. The average Bonchev–Trinajstić information content (AvgIpc) is 2.49. The van der Waals surface area contributed by atoms with Crippen molar-refractivity contribution in [3.8, 4) is 0 Å². The lowest BCUT2D eigenvalue weighted by molar-refractivity contribution is -0.147. The zero-order chi connectivity index (χ0) is 15.1. The molecule has 1 unspecified atom stereocenters. The summed E-state index contributed by atoms with van der Waals surface area (Å²) in [5.74, 6) is -0.588. The summed E-state index contributed by atoms with van der Waals surface area (Å²) in [6.07, 6.45) is 3.50. The zero-order valence-corrected chi connectivity index (χ0v) is 12.6. The third-order valence-corrected chi connectivity index (χ3v) is 3.81. The molecular formula is C17H23NO3. The number of hydrogen-bond acceptors (Lipinski definition) is 4. The summed E-state index contributed by atoms with van der Waals surface area (Å²) in [5.41, 5.74) is 1.16. The Kier molecular flexibility index (Phi) is 5.93. The van der Waals surface area contributed by atoms with Gasteiger partial charge in [-0.15, -0.1) is 0 Å².